The van der Waals surface area contributed by atoms with Crippen LogP contribution in [0.15, 0.2) is 4.90 Å². The average Bonchev–Trinajstić information content (AvgIpc) is 2.71. The molecule has 6 nitrogen and oxygen atoms in total. The van der Waals surface area contributed by atoms with Crippen molar-refractivity contribution in [3.8, 4) is 0 Å². The van der Waals surface area contributed by atoms with Gasteiger partial charge in [0, 0.05) is 19.6 Å². The predicted octanol–water partition coefficient (Wildman–Crippen LogP) is 1.53. The molecule has 0 aliphatic rings. The molecule has 0 unspecified atom stereocenters. The van der Waals surface area contributed by atoms with Gasteiger partial charge in [0.2, 0.25) is 10.0 Å². The van der Waals surface area contributed by atoms with E-state index in [0.29, 0.717) is 23.7 Å². The molecule has 21 heavy (non-hydrogen) atoms. The van der Waals surface area contributed by atoms with E-state index in [1.165, 1.54) is 4.31 Å². The van der Waals surface area contributed by atoms with E-state index in [9.17, 15) is 8.42 Å². The number of nitrogens with zero attached hydrogens (tertiary/aromatic N) is 3. The first-order chi connectivity index (χ1) is 9.89. The van der Waals surface area contributed by atoms with Gasteiger partial charge in [-0.05, 0) is 40.3 Å². The third-order valence-corrected chi connectivity index (χ3v) is 5.76. The van der Waals surface area contributed by atoms with Crippen LogP contribution in [0, 0.1) is 13.8 Å². The molecule has 0 atom stereocenters. The number of aromatic nitrogens is 2. The maximum Gasteiger partial charge on any atom is 0.246 e. The topological polar surface area (TPSA) is 67.2 Å². The number of hydrogen-bond donors (Lipinski definition) is 1. The smallest absolute Gasteiger partial charge is 0.246 e. The summed E-state index contributed by atoms with van der Waals surface area (Å²) in [6, 6.07) is 0. The summed E-state index contributed by atoms with van der Waals surface area (Å²) in [7, 11) is -1.55. The Morgan fingerprint density at radius 3 is 2.48 bits per heavy atom. The van der Waals surface area contributed by atoms with Crippen LogP contribution in [0.4, 0.5) is 0 Å². The van der Waals surface area contributed by atoms with Crippen molar-refractivity contribution in [1.29, 1.82) is 0 Å². The predicted molar refractivity (Wildman–Crippen MR) is 85.0 cm³/mol. The zero-order chi connectivity index (χ0) is 16.0. The van der Waals surface area contributed by atoms with Crippen LogP contribution in [-0.4, -0.2) is 49.2 Å². The Bertz CT molecular complexity index is 552. The van der Waals surface area contributed by atoms with Crippen molar-refractivity contribution in [2.75, 3.05) is 26.7 Å². The molecule has 1 rings (SSSR count). The highest BCUT2D eigenvalue weighted by Crippen LogP contribution is 2.23. The maximum atomic E-state index is 12.8. The number of sulfonamides is 1. The highest BCUT2D eigenvalue weighted by molar-refractivity contribution is 7.89. The van der Waals surface area contributed by atoms with Crippen LogP contribution in [0.2, 0.25) is 0 Å². The first-order valence-corrected chi connectivity index (χ1v) is 9.02. The molecule has 1 heterocycles. The van der Waals surface area contributed by atoms with Gasteiger partial charge in [0.15, 0.2) is 0 Å². The maximum absolute atomic E-state index is 12.8. The van der Waals surface area contributed by atoms with Crippen molar-refractivity contribution in [3.05, 3.63) is 11.4 Å². The van der Waals surface area contributed by atoms with Crippen LogP contribution in [0.25, 0.3) is 0 Å². The molecule has 0 aliphatic heterocycles. The first kappa shape index (κ1) is 18.1. The summed E-state index contributed by atoms with van der Waals surface area (Å²) in [5.74, 6) is 0. The molecule has 1 aromatic rings. The lowest BCUT2D eigenvalue weighted by Gasteiger charge is -2.20. The summed E-state index contributed by atoms with van der Waals surface area (Å²) in [4.78, 5) is 0.377. The lowest BCUT2D eigenvalue weighted by Crippen LogP contribution is -2.32. The van der Waals surface area contributed by atoms with Gasteiger partial charge in [0.25, 0.3) is 0 Å². The highest BCUT2D eigenvalue weighted by Gasteiger charge is 2.29. The summed E-state index contributed by atoms with van der Waals surface area (Å²) in [5, 5.41) is 7.49. The van der Waals surface area contributed by atoms with Crippen molar-refractivity contribution in [1.82, 2.24) is 19.4 Å². The number of rotatable bonds is 9. The van der Waals surface area contributed by atoms with Gasteiger partial charge in [0.05, 0.1) is 11.4 Å². The Kier molecular flexibility index (Phi) is 6.83. The normalized spacial score (nSPS) is 12.3. The minimum Gasteiger partial charge on any atom is -0.320 e. The van der Waals surface area contributed by atoms with Crippen LogP contribution in [0.5, 0.6) is 0 Å². The van der Waals surface area contributed by atoms with E-state index in [-0.39, 0.29) is 0 Å². The molecule has 1 aromatic heterocycles. The molecular formula is C14H28N4O2S. The zero-order valence-electron chi connectivity index (χ0n) is 13.8. The average molecular weight is 316 g/mol. The van der Waals surface area contributed by atoms with E-state index >= 15 is 0 Å². The molecule has 7 heteroatoms. The van der Waals surface area contributed by atoms with Gasteiger partial charge in [0.1, 0.15) is 4.90 Å². The lowest BCUT2D eigenvalue weighted by atomic mass is 10.4. The molecule has 0 fully saturated rings. The summed E-state index contributed by atoms with van der Waals surface area (Å²) in [5.41, 5.74) is 1.32. The van der Waals surface area contributed by atoms with Crippen molar-refractivity contribution < 1.29 is 8.42 Å². The second-order valence-electron chi connectivity index (χ2n) is 5.18. The number of hydrogen-bond acceptors (Lipinski definition) is 4. The van der Waals surface area contributed by atoms with E-state index in [0.717, 1.165) is 31.6 Å². The van der Waals surface area contributed by atoms with Crippen molar-refractivity contribution in [2.24, 2.45) is 0 Å². The Hall–Kier alpha value is -0.920. The van der Waals surface area contributed by atoms with Crippen LogP contribution < -0.4 is 5.32 Å². The fourth-order valence-electron chi connectivity index (χ4n) is 2.50. The molecule has 0 saturated carbocycles. The SMILES string of the molecule is CCCN(CC)S(=O)(=O)c1c(C)nn(CCCNC)c1C. The Morgan fingerprint density at radius 2 is 1.95 bits per heavy atom. The van der Waals surface area contributed by atoms with Gasteiger partial charge >= 0.3 is 0 Å². The third kappa shape index (κ3) is 4.05. The van der Waals surface area contributed by atoms with Crippen molar-refractivity contribution in [3.63, 3.8) is 0 Å². The summed E-state index contributed by atoms with van der Waals surface area (Å²) < 4.78 is 28.9. The van der Waals surface area contributed by atoms with Gasteiger partial charge in [-0.15, -0.1) is 0 Å². The van der Waals surface area contributed by atoms with Gasteiger partial charge < -0.3 is 5.32 Å². The molecule has 0 spiro atoms. The van der Waals surface area contributed by atoms with Crippen LogP contribution in [-0.2, 0) is 16.6 Å². The van der Waals surface area contributed by atoms with Crippen molar-refractivity contribution in [2.45, 2.75) is 52.0 Å². The van der Waals surface area contributed by atoms with E-state index in [2.05, 4.69) is 10.4 Å². The molecular weight excluding hydrogens is 288 g/mol. The molecule has 0 aromatic carbocycles. The zero-order valence-corrected chi connectivity index (χ0v) is 14.6. The Morgan fingerprint density at radius 1 is 1.29 bits per heavy atom. The second-order valence-corrected chi connectivity index (χ2v) is 7.05. The fraction of sp³-hybridized carbons (Fsp3) is 0.786. The molecule has 0 saturated heterocycles. The fourth-order valence-corrected chi connectivity index (χ4v) is 4.42. The van der Waals surface area contributed by atoms with Gasteiger partial charge in [-0.3, -0.25) is 4.68 Å². The Labute approximate surface area is 128 Å². The summed E-state index contributed by atoms with van der Waals surface area (Å²) >= 11 is 0. The highest BCUT2D eigenvalue weighted by atomic mass is 32.2. The largest absolute Gasteiger partial charge is 0.320 e. The molecule has 0 amide bonds. The van der Waals surface area contributed by atoms with E-state index in [1.54, 1.807) is 11.6 Å². The second kappa shape index (κ2) is 7.91. The minimum absolute atomic E-state index is 0.377. The molecule has 0 radical (unpaired) electrons. The number of aryl methyl sites for hydroxylation is 2. The molecule has 122 valence electrons. The van der Waals surface area contributed by atoms with Crippen molar-refractivity contribution >= 4 is 10.0 Å². The standard InChI is InChI=1S/C14H28N4O2S/c1-6-10-17(7-2)21(19,20)14-12(3)16-18(13(14)4)11-8-9-15-5/h15H,6-11H2,1-5H3. The Balaban J connectivity index is 3.12. The van der Waals surface area contributed by atoms with E-state index in [1.807, 2.05) is 27.8 Å². The quantitative estimate of drug-likeness (QED) is 0.702. The third-order valence-electron chi connectivity index (χ3n) is 3.54. The van der Waals surface area contributed by atoms with Gasteiger partial charge in [-0.1, -0.05) is 13.8 Å². The van der Waals surface area contributed by atoms with Gasteiger partial charge in [-0.25, -0.2) is 8.42 Å². The van der Waals surface area contributed by atoms with E-state index in [4.69, 9.17) is 0 Å². The van der Waals surface area contributed by atoms with Crippen LogP contribution in [0.1, 0.15) is 38.1 Å². The summed E-state index contributed by atoms with van der Waals surface area (Å²) in [6.07, 6.45) is 1.73. The monoisotopic (exact) mass is 316 g/mol. The molecule has 0 bridgehead atoms. The lowest BCUT2D eigenvalue weighted by molar-refractivity contribution is 0.426. The first-order valence-electron chi connectivity index (χ1n) is 7.58. The number of nitrogens with one attached hydrogen (secondary N) is 1. The minimum atomic E-state index is -3.45. The van der Waals surface area contributed by atoms with Gasteiger partial charge in [-0.2, -0.15) is 9.40 Å². The molecule has 1 N–H and O–H groups in total. The summed E-state index contributed by atoms with van der Waals surface area (Å²) in [6.45, 7) is 10.1. The van der Waals surface area contributed by atoms with E-state index < -0.39 is 10.0 Å². The van der Waals surface area contributed by atoms with Crippen LogP contribution >= 0.6 is 0 Å². The van der Waals surface area contributed by atoms with Crippen LogP contribution in [0.3, 0.4) is 0 Å². The molecule has 0 aliphatic carbocycles.